The van der Waals surface area contributed by atoms with Crippen molar-refractivity contribution in [1.82, 2.24) is 0 Å². The largest absolute Gasteiger partial charge is 3.00 e. The minimum Gasteiger partial charge on any atom is -0.514 e. The van der Waals surface area contributed by atoms with Crippen LogP contribution in [0.5, 0.6) is 0 Å². The smallest absolute Gasteiger partial charge is 0.514 e. The second kappa shape index (κ2) is 29.6. The van der Waals surface area contributed by atoms with Crippen LogP contribution in [0.4, 0.5) is 0 Å². The molecular weight excluding hydrogens is 479 g/mol. The molecule has 150 valence electrons. The van der Waals surface area contributed by atoms with Crippen LogP contribution in [0.3, 0.4) is 0 Å². The van der Waals surface area contributed by atoms with Gasteiger partial charge in [0.15, 0.2) is 0 Å². The van der Waals surface area contributed by atoms with Gasteiger partial charge in [-0.15, -0.1) is 0 Å². The van der Waals surface area contributed by atoms with Gasteiger partial charge in [-0.25, -0.2) is 0 Å². The van der Waals surface area contributed by atoms with Gasteiger partial charge in [-0.3, -0.25) is 0 Å². The molecular formula is C15H27CoO3S6. The van der Waals surface area contributed by atoms with E-state index in [1.54, 1.807) is 0 Å². The Hall–Kier alpha value is 0.836. The molecule has 25 heavy (non-hydrogen) atoms. The van der Waals surface area contributed by atoms with Crippen molar-refractivity contribution in [3.63, 3.8) is 0 Å². The fraction of sp³-hybridized carbons (Fsp3) is 0.800. The minimum atomic E-state index is 0. The molecule has 0 radical (unpaired) electrons. The van der Waals surface area contributed by atoms with E-state index in [9.17, 15) is 0 Å². The predicted octanol–water partition coefficient (Wildman–Crippen LogP) is 4.90. The van der Waals surface area contributed by atoms with Crippen molar-refractivity contribution in [2.24, 2.45) is 0 Å². The SMILES string of the molecule is CCCCOC(=S)[S-].CCCCOC(=S)[S-].CCCCOC(=S)[S-].[Co+3]. The van der Waals surface area contributed by atoms with Gasteiger partial charge in [0.05, 0.1) is 19.8 Å². The van der Waals surface area contributed by atoms with E-state index in [2.05, 4.69) is 95.3 Å². The summed E-state index contributed by atoms with van der Waals surface area (Å²) in [5, 5.41) is 0. The quantitative estimate of drug-likeness (QED) is 0.246. The van der Waals surface area contributed by atoms with Crippen LogP contribution < -0.4 is 0 Å². The Morgan fingerprint density at radius 2 is 0.800 bits per heavy atom. The van der Waals surface area contributed by atoms with Crippen LogP contribution in [0.2, 0.25) is 0 Å². The molecule has 0 unspecified atom stereocenters. The first-order valence-corrected chi connectivity index (χ1v) is 10.3. The zero-order valence-electron chi connectivity index (χ0n) is 14.9. The van der Waals surface area contributed by atoms with E-state index >= 15 is 0 Å². The molecule has 0 aliphatic rings. The second-order valence-corrected chi connectivity index (χ2v) is 7.36. The van der Waals surface area contributed by atoms with Crippen LogP contribution in [0.25, 0.3) is 0 Å². The van der Waals surface area contributed by atoms with Gasteiger partial charge in [-0.05, 0) is 19.3 Å². The molecule has 0 rings (SSSR count). The summed E-state index contributed by atoms with van der Waals surface area (Å²) in [7, 11) is 0. The van der Waals surface area contributed by atoms with Crippen molar-refractivity contribution in [2.45, 2.75) is 59.3 Å². The average molecular weight is 507 g/mol. The van der Waals surface area contributed by atoms with E-state index in [0.29, 0.717) is 19.8 Å². The summed E-state index contributed by atoms with van der Waals surface area (Å²) in [5.41, 5.74) is 0. The van der Waals surface area contributed by atoms with Gasteiger partial charge in [-0.2, -0.15) is 0 Å². The van der Waals surface area contributed by atoms with Gasteiger partial charge in [-0.1, -0.05) is 40.0 Å². The summed E-state index contributed by atoms with van der Waals surface area (Å²) in [6.07, 6.45) is 6.48. The van der Waals surface area contributed by atoms with Crippen molar-refractivity contribution in [3.05, 3.63) is 0 Å². The molecule has 10 heteroatoms. The molecule has 0 fully saturated rings. The Morgan fingerprint density at radius 1 is 0.600 bits per heavy atom. The topological polar surface area (TPSA) is 27.7 Å². The molecule has 0 aromatic heterocycles. The number of thiocarbonyl (C=S) groups is 3. The molecule has 3 nitrogen and oxygen atoms in total. The second-order valence-electron chi connectivity index (χ2n) is 4.36. The molecule has 0 saturated carbocycles. The van der Waals surface area contributed by atoms with Gasteiger partial charge in [0.25, 0.3) is 0 Å². The fourth-order valence-electron chi connectivity index (χ4n) is 0.900. The molecule has 0 N–H and O–H groups in total. The van der Waals surface area contributed by atoms with Crippen LogP contribution in [0.15, 0.2) is 0 Å². The van der Waals surface area contributed by atoms with Crippen molar-refractivity contribution >= 4 is 87.7 Å². The van der Waals surface area contributed by atoms with Crippen LogP contribution in [0.1, 0.15) is 59.3 Å². The first-order valence-electron chi connectivity index (χ1n) is 7.82. The summed E-state index contributed by atoms with van der Waals surface area (Å²) >= 11 is 27.0. The molecule has 0 atom stereocenters. The summed E-state index contributed by atoms with van der Waals surface area (Å²) in [6, 6.07) is 0. The Balaban J connectivity index is -0.000000130. The van der Waals surface area contributed by atoms with Crippen molar-refractivity contribution in [2.75, 3.05) is 19.8 Å². The van der Waals surface area contributed by atoms with Gasteiger partial charge < -0.3 is 88.8 Å². The average Bonchev–Trinajstić information content (AvgIpc) is 2.48. The van der Waals surface area contributed by atoms with E-state index in [-0.39, 0.29) is 29.9 Å². The summed E-state index contributed by atoms with van der Waals surface area (Å²) in [4.78, 5) is 0. The van der Waals surface area contributed by atoms with Crippen LogP contribution >= 0.6 is 36.7 Å². The number of unbranched alkanes of at least 4 members (excludes halogenated alkanes) is 3. The predicted molar refractivity (Wildman–Crippen MR) is 122 cm³/mol. The van der Waals surface area contributed by atoms with E-state index < -0.39 is 0 Å². The number of hydrogen-bond acceptors (Lipinski definition) is 9. The molecule has 0 spiro atoms. The summed E-state index contributed by atoms with van der Waals surface area (Å²) < 4.78 is 15.2. The van der Waals surface area contributed by atoms with Gasteiger partial charge in [0, 0.05) is 13.1 Å². The Kier molecular flexibility index (Phi) is 39.6. The molecule has 0 aliphatic carbocycles. The van der Waals surface area contributed by atoms with E-state index in [1.807, 2.05) is 0 Å². The molecule has 0 heterocycles. The van der Waals surface area contributed by atoms with Crippen molar-refractivity contribution < 1.29 is 31.0 Å². The Bertz CT molecular complexity index is 272. The maximum atomic E-state index is 4.83. The molecule has 0 aromatic rings. The van der Waals surface area contributed by atoms with Crippen LogP contribution in [-0.2, 0) is 68.9 Å². The summed E-state index contributed by atoms with van der Waals surface area (Å²) in [6.45, 7) is 8.32. The molecule has 0 bridgehead atoms. The van der Waals surface area contributed by atoms with Crippen LogP contribution in [-0.4, -0.2) is 33.0 Å². The number of hydrogen-bond donors (Lipinski definition) is 0. The van der Waals surface area contributed by atoms with Crippen molar-refractivity contribution in [3.8, 4) is 0 Å². The molecule has 0 aliphatic heterocycles. The summed E-state index contributed by atoms with van der Waals surface area (Å²) in [5.74, 6) is 0. The first kappa shape index (κ1) is 33.4. The monoisotopic (exact) mass is 506 g/mol. The standard InChI is InChI=1S/3C5H10OS2.Co/c3*1-2-3-4-6-5(7)8;/h3*2-4H2,1H3,(H,7,8);/q;;;+3/p-3. The molecule has 0 amide bonds. The fourth-order valence-corrected chi connectivity index (χ4v) is 1.40. The van der Waals surface area contributed by atoms with E-state index in [4.69, 9.17) is 14.2 Å². The number of rotatable bonds is 9. The zero-order valence-corrected chi connectivity index (χ0v) is 20.8. The van der Waals surface area contributed by atoms with Gasteiger partial charge >= 0.3 is 16.8 Å². The first-order chi connectivity index (χ1) is 11.3. The third-order valence-electron chi connectivity index (χ3n) is 2.15. The maximum Gasteiger partial charge on any atom is 3.00 e. The van der Waals surface area contributed by atoms with Gasteiger partial charge in [0.2, 0.25) is 0 Å². The minimum absolute atomic E-state index is 0. The molecule has 0 saturated heterocycles. The number of ether oxygens (including phenoxy) is 3. The van der Waals surface area contributed by atoms with E-state index in [1.165, 1.54) is 0 Å². The van der Waals surface area contributed by atoms with Crippen LogP contribution in [0, 0.1) is 0 Å². The zero-order chi connectivity index (χ0) is 19.2. The third kappa shape index (κ3) is 51.6. The van der Waals surface area contributed by atoms with Crippen molar-refractivity contribution in [1.29, 1.82) is 0 Å². The Morgan fingerprint density at radius 3 is 0.920 bits per heavy atom. The Labute approximate surface area is 196 Å². The maximum absolute atomic E-state index is 4.83. The normalized spacial score (nSPS) is 8.28. The molecule has 0 aromatic carbocycles. The van der Waals surface area contributed by atoms with E-state index in [0.717, 1.165) is 38.5 Å². The third-order valence-corrected chi connectivity index (χ3v) is 2.86. The van der Waals surface area contributed by atoms with Gasteiger partial charge in [0.1, 0.15) is 0 Å².